The van der Waals surface area contributed by atoms with Crippen LogP contribution in [0, 0.1) is 11.3 Å². The second-order valence-electron chi connectivity index (χ2n) is 8.95. The molecule has 0 unspecified atom stereocenters. The van der Waals surface area contributed by atoms with E-state index in [1.165, 1.54) is 4.90 Å². The fourth-order valence-corrected chi connectivity index (χ4v) is 4.05. The molecule has 0 aliphatic rings. The number of aromatic nitrogens is 3. The van der Waals surface area contributed by atoms with Gasteiger partial charge in [0.2, 0.25) is 0 Å². The van der Waals surface area contributed by atoms with Crippen molar-refractivity contribution in [2.75, 3.05) is 25.1 Å². The van der Waals surface area contributed by atoms with E-state index in [2.05, 4.69) is 15.5 Å². The Bertz CT molecular complexity index is 1720. The number of nitrogens with two attached hydrogens (primary N) is 1. The van der Waals surface area contributed by atoms with Gasteiger partial charge in [-0.05, 0) is 60.2 Å². The van der Waals surface area contributed by atoms with Crippen LogP contribution < -0.4 is 15.8 Å². The third-order valence-corrected chi connectivity index (χ3v) is 5.91. The number of nitrogens with zero attached hydrogens (tertiary/aromatic N) is 4. The van der Waals surface area contributed by atoms with Crippen molar-refractivity contribution in [1.82, 2.24) is 20.1 Å². The van der Waals surface area contributed by atoms with Crippen LogP contribution in [0.2, 0.25) is 0 Å². The summed E-state index contributed by atoms with van der Waals surface area (Å²) in [6.45, 7) is 0. The van der Waals surface area contributed by atoms with Gasteiger partial charge in [-0.2, -0.15) is 10.4 Å². The first-order valence-corrected chi connectivity index (χ1v) is 12.1. The van der Waals surface area contributed by atoms with Gasteiger partial charge >= 0.3 is 0 Å². The predicted octanol–water partition coefficient (Wildman–Crippen LogP) is 5.74. The van der Waals surface area contributed by atoms with E-state index in [0.717, 1.165) is 27.9 Å². The molecular weight excluding hydrogens is 490 g/mol. The van der Waals surface area contributed by atoms with Crippen LogP contribution in [-0.4, -0.2) is 40.1 Å². The van der Waals surface area contributed by atoms with Crippen molar-refractivity contribution < 1.29 is 9.53 Å². The van der Waals surface area contributed by atoms with Gasteiger partial charge in [-0.15, -0.1) is 0 Å². The van der Waals surface area contributed by atoms with Crippen LogP contribution >= 0.6 is 0 Å². The van der Waals surface area contributed by atoms with E-state index in [-0.39, 0.29) is 11.5 Å². The summed E-state index contributed by atoms with van der Waals surface area (Å²) in [5.74, 6) is 2.01. The van der Waals surface area contributed by atoms with Gasteiger partial charge in [-0.1, -0.05) is 30.3 Å². The van der Waals surface area contributed by atoms with Crippen molar-refractivity contribution in [3.63, 3.8) is 0 Å². The third kappa shape index (κ3) is 5.55. The molecule has 1 amide bonds. The summed E-state index contributed by atoms with van der Waals surface area (Å²) in [7, 11) is 3.22. The van der Waals surface area contributed by atoms with E-state index in [9.17, 15) is 10.1 Å². The third-order valence-electron chi connectivity index (χ3n) is 5.91. The number of amides is 1. The van der Waals surface area contributed by atoms with Crippen molar-refractivity contribution in [3.8, 4) is 28.8 Å². The molecule has 5 rings (SSSR count). The van der Waals surface area contributed by atoms with Gasteiger partial charge in [-0.3, -0.25) is 9.89 Å². The Balaban J connectivity index is 1.46. The molecule has 0 fully saturated rings. The molecule has 2 aromatic heterocycles. The number of H-pyrrole nitrogens is 1. The lowest BCUT2D eigenvalue weighted by molar-refractivity contribution is -0.124. The van der Waals surface area contributed by atoms with Gasteiger partial charge in [0.1, 0.15) is 29.0 Å². The number of nitrogen functional groups attached to an aromatic ring is 1. The summed E-state index contributed by atoms with van der Waals surface area (Å²) in [6, 6.07) is 28.3. The van der Waals surface area contributed by atoms with Crippen molar-refractivity contribution in [2.45, 2.75) is 0 Å². The molecule has 9 heteroatoms. The topological polar surface area (TPSA) is 133 Å². The number of rotatable bonds is 7. The Labute approximate surface area is 225 Å². The van der Waals surface area contributed by atoms with Crippen molar-refractivity contribution in [1.29, 1.82) is 5.26 Å². The summed E-state index contributed by atoms with van der Waals surface area (Å²) in [5.41, 5.74) is 9.89. The molecule has 3 aromatic carbocycles. The second-order valence-corrected chi connectivity index (χ2v) is 8.95. The number of ether oxygens (including phenoxy) is 1. The van der Waals surface area contributed by atoms with Crippen LogP contribution in [0.1, 0.15) is 5.56 Å². The number of hydrogen-bond donors (Lipinski definition) is 3. The smallest absolute Gasteiger partial charge is 0.264 e. The summed E-state index contributed by atoms with van der Waals surface area (Å²) >= 11 is 0. The second kappa shape index (κ2) is 10.8. The Morgan fingerprint density at radius 3 is 2.49 bits per heavy atom. The predicted molar refractivity (Wildman–Crippen MR) is 152 cm³/mol. The van der Waals surface area contributed by atoms with Gasteiger partial charge in [0.15, 0.2) is 5.82 Å². The Morgan fingerprint density at radius 1 is 1.03 bits per heavy atom. The highest BCUT2D eigenvalue weighted by Crippen LogP contribution is 2.34. The molecule has 39 heavy (non-hydrogen) atoms. The maximum Gasteiger partial charge on any atom is 0.264 e. The first-order valence-electron chi connectivity index (χ1n) is 12.1. The van der Waals surface area contributed by atoms with Crippen LogP contribution in [0.5, 0.6) is 11.5 Å². The quantitative estimate of drug-likeness (QED) is 0.186. The number of para-hydroxylation sites is 1. The van der Waals surface area contributed by atoms with Crippen molar-refractivity contribution in [2.24, 2.45) is 0 Å². The highest BCUT2D eigenvalue weighted by Gasteiger charge is 2.15. The molecule has 4 N–H and O–H groups in total. The molecule has 0 radical (unpaired) electrons. The van der Waals surface area contributed by atoms with Crippen molar-refractivity contribution >= 4 is 40.2 Å². The highest BCUT2D eigenvalue weighted by atomic mass is 16.5. The number of benzene rings is 3. The lowest BCUT2D eigenvalue weighted by atomic mass is 10.1. The first kappa shape index (κ1) is 25.0. The molecule has 192 valence electrons. The summed E-state index contributed by atoms with van der Waals surface area (Å²) in [6.07, 6.45) is 1.56. The molecule has 0 aliphatic heterocycles. The van der Waals surface area contributed by atoms with E-state index in [1.807, 2.05) is 91.0 Å². The molecule has 0 saturated carbocycles. The Hall–Kier alpha value is -5.62. The monoisotopic (exact) mass is 515 g/mol. The van der Waals surface area contributed by atoms with Gasteiger partial charge in [0.25, 0.3) is 5.91 Å². The normalized spacial score (nSPS) is 11.2. The number of likely N-dealkylation sites (N-methyl/N-ethyl adjacent to an activating group) is 1. The zero-order valence-electron chi connectivity index (χ0n) is 21.3. The number of carbonyl (C=O) groups excluding carboxylic acids is 1. The van der Waals surface area contributed by atoms with Crippen molar-refractivity contribution in [3.05, 3.63) is 96.1 Å². The average Bonchev–Trinajstić information content (AvgIpc) is 3.32. The lowest BCUT2D eigenvalue weighted by Gasteiger charge is -2.11. The highest BCUT2D eigenvalue weighted by molar-refractivity contribution is 6.02. The van der Waals surface area contributed by atoms with E-state index < -0.39 is 0 Å². The number of nitriles is 1. The zero-order valence-corrected chi connectivity index (χ0v) is 21.3. The molecule has 0 bridgehead atoms. The number of anilines is 3. The Kier molecular flexibility index (Phi) is 6.92. The number of nitrogens with one attached hydrogen (secondary N) is 2. The maximum absolute atomic E-state index is 12.2. The molecule has 0 atom stereocenters. The van der Waals surface area contributed by atoms with Gasteiger partial charge < -0.3 is 20.7 Å². The molecular formula is C30H25N7O2. The van der Waals surface area contributed by atoms with Crippen LogP contribution in [0.15, 0.2) is 90.5 Å². The van der Waals surface area contributed by atoms with Crippen LogP contribution in [0.3, 0.4) is 0 Å². The minimum Gasteiger partial charge on any atom is -0.457 e. The van der Waals surface area contributed by atoms with Gasteiger partial charge in [0.05, 0.1) is 16.6 Å². The molecule has 2 heterocycles. The number of aromatic amines is 1. The summed E-state index contributed by atoms with van der Waals surface area (Å²) < 4.78 is 5.92. The van der Waals surface area contributed by atoms with Gasteiger partial charge in [-0.25, -0.2) is 4.98 Å². The minimum absolute atomic E-state index is 0.0478. The number of carbonyl (C=O) groups is 1. The average molecular weight is 516 g/mol. The molecule has 0 saturated heterocycles. The Morgan fingerprint density at radius 2 is 1.77 bits per heavy atom. The van der Waals surface area contributed by atoms with E-state index >= 15 is 0 Å². The fraction of sp³-hybridized carbons (Fsp3) is 0.0667. The zero-order chi connectivity index (χ0) is 27.4. The van der Waals surface area contributed by atoms with E-state index in [1.54, 1.807) is 20.2 Å². The molecule has 0 aliphatic carbocycles. The van der Waals surface area contributed by atoms with Crippen LogP contribution in [0.25, 0.3) is 28.2 Å². The fourth-order valence-electron chi connectivity index (χ4n) is 4.05. The summed E-state index contributed by atoms with van der Waals surface area (Å²) in [4.78, 5) is 18.5. The maximum atomic E-state index is 12.2. The lowest BCUT2D eigenvalue weighted by Crippen LogP contribution is -2.22. The molecule has 5 aromatic rings. The van der Waals surface area contributed by atoms with E-state index in [0.29, 0.717) is 28.6 Å². The van der Waals surface area contributed by atoms with Gasteiger partial charge in [0, 0.05) is 31.4 Å². The van der Waals surface area contributed by atoms with E-state index in [4.69, 9.17) is 15.5 Å². The minimum atomic E-state index is -0.357. The molecule has 0 spiro atoms. The number of pyridine rings is 1. The van der Waals surface area contributed by atoms with Crippen LogP contribution in [0.4, 0.5) is 17.3 Å². The first-order chi connectivity index (χ1) is 18.9. The summed E-state index contributed by atoms with van der Waals surface area (Å²) in [5, 5.41) is 20.6. The standard InChI is InChI=1S/C30H25N7O2/c1-37(2)30(38)21(18-31)15-19-7-6-8-22(16-19)33-26-17-25-27(29(32)36-35-25)28(34-26)20-11-13-24(14-12-20)39-23-9-4-3-5-10-23/h3-17H,1-2H3,(H,33,34)(H3,32,35,36). The SMILES string of the molecule is CN(C)C(=O)C(C#N)=Cc1cccc(Nc2cc3[nH]nc(N)c3c(-c3ccc(Oc4ccccc4)cc3)n2)c1. The number of hydrogen-bond acceptors (Lipinski definition) is 7. The van der Waals surface area contributed by atoms with Crippen LogP contribution in [-0.2, 0) is 4.79 Å². The largest absolute Gasteiger partial charge is 0.457 e. The molecule has 9 nitrogen and oxygen atoms in total. The number of fused-ring (bicyclic) bond motifs is 1.